The zero-order valence-corrected chi connectivity index (χ0v) is 33.8. The predicted octanol–water partition coefficient (Wildman–Crippen LogP) is 15.5. The van der Waals surface area contributed by atoms with E-state index in [-0.39, 0.29) is 0 Å². The Morgan fingerprint density at radius 3 is 1.54 bits per heavy atom. The molecule has 1 heteroatoms. The van der Waals surface area contributed by atoms with E-state index in [2.05, 4.69) is 254 Å². The van der Waals surface area contributed by atoms with Gasteiger partial charge in [0.15, 0.2) is 0 Å². The van der Waals surface area contributed by atoms with E-state index >= 15 is 0 Å². The molecule has 0 heterocycles. The summed E-state index contributed by atoms with van der Waals surface area (Å²) in [4.78, 5) is 2.52. The molecule has 288 valence electrons. The van der Waals surface area contributed by atoms with Gasteiger partial charge in [-0.05, 0) is 113 Å². The quantitative estimate of drug-likeness (QED) is 0.141. The largest absolute Gasteiger partial charge is 0.337 e. The van der Waals surface area contributed by atoms with Crippen LogP contribution in [0.4, 0.5) is 11.4 Å². The number of fused-ring (bicyclic) bond motifs is 4. The van der Waals surface area contributed by atoms with E-state index in [1.165, 1.54) is 83.1 Å². The third-order valence-corrected chi connectivity index (χ3v) is 12.6. The maximum Gasteiger partial charge on any atom is 0.0714 e. The van der Waals surface area contributed by atoms with Crippen LogP contribution < -0.4 is 4.90 Å². The molecule has 61 heavy (non-hydrogen) atoms. The summed E-state index contributed by atoms with van der Waals surface area (Å²) in [6, 6.07) is 91.5. The molecule has 10 aromatic rings. The Kier molecular flexibility index (Phi) is 9.21. The van der Waals surface area contributed by atoms with Crippen molar-refractivity contribution < 1.29 is 0 Å². The van der Waals surface area contributed by atoms with E-state index in [0.29, 0.717) is 6.54 Å². The van der Waals surface area contributed by atoms with Gasteiger partial charge in [-0.3, -0.25) is 0 Å². The molecular formula is C60H43N. The summed E-state index contributed by atoms with van der Waals surface area (Å²) in [7, 11) is 0. The van der Waals surface area contributed by atoms with Crippen LogP contribution in [0.2, 0.25) is 0 Å². The van der Waals surface area contributed by atoms with Gasteiger partial charge < -0.3 is 4.90 Å². The summed E-state index contributed by atoms with van der Waals surface area (Å²) in [5.41, 5.74) is 17.9. The minimum atomic E-state index is -0.556. The van der Waals surface area contributed by atoms with Gasteiger partial charge in [-0.1, -0.05) is 218 Å². The van der Waals surface area contributed by atoms with Crippen molar-refractivity contribution in [2.45, 2.75) is 12.0 Å². The monoisotopic (exact) mass is 777 g/mol. The molecule has 0 aromatic heterocycles. The average Bonchev–Trinajstić information content (AvgIpc) is 3.65. The minimum Gasteiger partial charge on any atom is -0.337 e. The molecule has 10 aromatic carbocycles. The van der Waals surface area contributed by atoms with Crippen molar-refractivity contribution in [2.75, 3.05) is 4.90 Å². The highest BCUT2D eigenvalue weighted by molar-refractivity contribution is 5.97. The standard InChI is InChI=1S/C60H43N/c1-4-19-43(20-5-1)48-39-50(60(49-26-8-3-9-27-49)58-33-16-14-30-56(58)57-31-15-17-34-59(57)60)41-52(40-48)61(42-47-24-11-12-28-53(47)44-21-6-2-7-22-44)51-37-35-46(36-38-51)55-32-18-25-45-23-10-13-29-54(45)55/h1-41H,42H2. The van der Waals surface area contributed by atoms with E-state index in [1.807, 2.05) is 0 Å². The highest BCUT2D eigenvalue weighted by atomic mass is 15.1. The number of hydrogen-bond acceptors (Lipinski definition) is 1. The van der Waals surface area contributed by atoms with Gasteiger partial charge in [0, 0.05) is 17.9 Å². The molecule has 0 fully saturated rings. The van der Waals surface area contributed by atoms with Gasteiger partial charge in [-0.2, -0.15) is 0 Å². The summed E-state index contributed by atoms with van der Waals surface area (Å²) in [5.74, 6) is 0. The summed E-state index contributed by atoms with van der Waals surface area (Å²) >= 11 is 0. The summed E-state index contributed by atoms with van der Waals surface area (Å²) < 4.78 is 0. The number of hydrogen-bond donors (Lipinski definition) is 0. The summed E-state index contributed by atoms with van der Waals surface area (Å²) in [5, 5.41) is 2.51. The zero-order valence-electron chi connectivity index (χ0n) is 33.8. The van der Waals surface area contributed by atoms with Gasteiger partial charge in [0.2, 0.25) is 0 Å². The van der Waals surface area contributed by atoms with Crippen molar-refractivity contribution in [1.29, 1.82) is 0 Å². The van der Waals surface area contributed by atoms with E-state index in [0.717, 1.165) is 11.4 Å². The molecule has 1 nitrogen and oxygen atoms in total. The normalized spacial score (nSPS) is 12.5. The molecule has 0 radical (unpaired) electrons. The van der Waals surface area contributed by atoms with Crippen LogP contribution in [0.5, 0.6) is 0 Å². The molecule has 0 atom stereocenters. The molecule has 0 N–H and O–H groups in total. The highest BCUT2D eigenvalue weighted by Crippen LogP contribution is 2.57. The van der Waals surface area contributed by atoms with E-state index in [4.69, 9.17) is 0 Å². The second kappa shape index (κ2) is 15.5. The number of rotatable bonds is 9. The molecule has 1 aliphatic rings. The van der Waals surface area contributed by atoms with E-state index < -0.39 is 5.41 Å². The Labute approximate surface area is 358 Å². The third-order valence-electron chi connectivity index (χ3n) is 12.6. The van der Waals surface area contributed by atoms with Gasteiger partial charge in [0.1, 0.15) is 0 Å². The number of benzene rings is 10. The molecule has 0 aliphatic heterocycles. The number of nitrogens with zero attached hydrogens (tertiary/aromatic N) is 1. The molecule has 0 saturated carbocycles. The lowest BCUT2D eigenvalue weighted by atomic mass is 9.67. The molecular weight excluding hydrogens is 735 g/mol. The smallest absolute Gasteiger partial charge is 0.0714 e. The van der Waals surface area contributed by atoms with Crippen LogP contribution in [-0.2, 0) is 12.0 Å². The van der Waals surface area contributed by atoms with Crippen molar-refractivity contribution in [3.05, 3.63) is 277 Å². The minimum absolute atomic E-state index is 0.556. The maximum absolute atomic E-state index is 2.52. The molecule has 11 rings (SSSR count). The third kappa shape index (κ3) is 6.34. The van der Waals surface area contributed by atoms with Crippen molar-refractivity contribution in [3.63, 3.8) is 0 Å². The van der Waals surface area contributed by atoms with Crippen LogP contribution in [0.25, 0.3) is 55.3 Å². The second-order valence-corrected chi connectivity index (χ2v) is 16.0. The lowest BCUT2D eigenvalue weighted by Gasteiger charge is -2.36. The van der Waals surface area contributed by atoms with Gasteiger partial charge in [-0.15, -0.1) is 0 Å². The highest BCUT2D eigenvalue weighted by Gasteiger charge is 2.46. The summed E-state index contributed by atoms with van der Waals surface area (Å²) in [6.07, 6.45) is 0. The van der Waals surface area contributed by atoms with Crippen molar-refractivity contribution in [3.8, 4) is 44.5 Å². The molecule has 0 spiro atoms. The Hall–Kier alpha value is -7.74. The van der Waals surface area contributed by atoms with Crippen molar-refractivity contribution in [1.82, 2.24) is 0 Å². The zero-order chi connectivity index (χ0) is 40.6. The maximum atomic E-state index is 2.52. The fraction of sp³-hybridized carbons (Fsp3) is 0.0333. The lowest BCUT2D eigenvalue weighted by Crippen LogP contribution is -2.29. The number of anilines is 2. The van der Waals surface area contributed by atoms with E-state index in [9.17, 15) is 0 Å². The molecule has 0 amide bonds. The van der Waals surface area contributed by atoms with Gasteiger partial charge >= 0.3 is 0 Å². The van der Waals surface area contributed by atoms with Crippen LogP contribution in [0.3, 0.4) is 0 Å². The average molecular weight is 778 g/mol. The Morgan fingerprint density at radius 1 is 0.311 bits per heavy atom. The van der Waals surface area contributed by atoms with Crippen molar-refractivity contribution >= 4 is 22.1 Å². The first-order chi connectivity index (χ1) is 30.3. The Bertz CT molecular complexity index is 3100. The Balaban J connectivity index is 1.17. The van der Waals surface area contributed by atoms with Crippen LogP contribution in [-0.4, -0.2) is 0 Å². The second-order valence-electron chi connectivity index (χ2n) is 16.0. The Morgan fingerprint density at radius 2 is 0.836 bits per heavy atom. The van der Waals surface area contributed by atoms with Crippen LogP contribution >= 0.6 is 0 Å². The lowest BCUT2D eigenvalue weighted by molar-refractivity contribution is 0.768. The predicted molar refractivity (Wildman–Crippen MR) is 256 cm³/mol. The van der Waals surface area contributed by atoms with Crippen LogP contribution in [0, 0.1) is 0 Å². The first-order valence-corrected chi connectivity index (χ1v) is 21.2. The topological polar surface area (TPSA) is 3.24 Å². The fourth-order valence-corrected chi connectivity index (χ4v) is 9.85. The summed E-state index contributed by atoms with van der Waals surface area (Å²) in [6.45, 7) is 0.669. The SMILES string of the molecule is c1ccc(-c2cc(N(Cc3ccccc3-c3ccccc3)c3ccc(-c4cccc5ccccc45)cc3)cc(C3(c4ccccc4)c4ccccc4-c4ccccc43)c2)cc1. The first kappa shape index (κ1) is 36.3. The van der Waals surface area contributed by atoms with Crippen LogP contribution in [0.1, 0.15) is 27.8 Å². The first-order valence-electron chi connectivity index (χ1n) is 21.2. The van der Waals surface area contributed by atoms with E-state index in [1.54, 1.807) is 0 Å². The molecule has 0 bridgehead atoms. The molecule has 0 saturated heterocycles. The van der Waals surface area contributed by atoms with Gasteiger partial charge in [0.25, 0.3) is 0 Å². The molecule has 0 unspecified atom stereocenters. The molecule has 1 aliphatic carbocycles. The van der Waals surface area contributed by atoms with Crippen LogP contribution in [0.15, 0.2) is 249 Å². The van der Waals surface area contributed by atoms with Crippen molar-refractivity contribution in [2.24, 2.45) is 0 Å². The fourth-order valence-electron chi connectivity index (χ4n) is 9.85. The van der Waals surface area contributed by atoms with Gasteiger partial charge in [0.05, 0.1) is 5.41 Å². The van der Waals surface area contributed by atoms with Gasteiger partial charge in [-0.25, -0.2) is 0 Å².